The van der Waals surface area contributed by atoms with E-state index in [0.717, 1.165) is 19.3 Å². The number of amides is 1. The third kappa shape index (κ3) is 8.04. The van der Waals surface area contributed by atoms with Crippen LogP contribution in [-0.4, -0.2) is 40.6 Å². The number of thioether (sulfide) groups is 1. The molecule has 0 radical (unpaired) electrons. The van der Waals surface area contributed by atoms with Crippen LogP contribution in [0.5, 0.6) is 0 Å². The largest absolute Gasteiger partial charge is 0.480 e. The summed E-state index contributed by atoms with van der Waals surface area (Å²) in [6.45, 7) is 4.55. The molecule has 5 nitrogen and oxygen atoms in total. The van der Waals surface area contributed by atoms with Crippen molar-refractivity contribution in [1.29, 1.82) is 0 Å². The molecule has 17 heavy (non-hydrogen) atoms. The Kier molecular flexibility index (Phi) is 8.89. The van der Waals surface area contributed by atoms with Gasteiger partial charge in [0.2, 0.25) is 5.91 Å². The molecule has 0 saturated heterocycles. The second kappa shape index (κ2) is 9.30. The maximum atomic E-state index is 11.6. The smallest absolute Gasteiger partial charge is 0.321 e. The highest BCUT2D eigenvalue weighted by Crippen LogP contribution is 2.11. The first-order valence-corrected chi connectivity index (χ1v) is 6.91. The van der Waals surface area contributed by atoms with Crippen molar-refractivity contribution < 1.29 is 14.7 Å². The fraction of sp³-hybridized carbons (Fsp3) is 0.818. The Labute approximate surface area is 107 Å². The lowest BCUT2D eigenvalue weighted by Gasteiger charge is -2.13. The van der Waals surface area contributed by atoms with E-state index in [1.54, 1.807) is 6.92 Å². The van der Waals surface area contributed by atoms with Gasteiger partial charge in [0.25, 0.3) is 0 Å². The highest BCUT2D eigenvalue weighted by atomic mass is 32.2. The molecule has 100 valence electrons. The summed E-state index contributed by atoms with van der Waals surface area (Å²) in [6, 6.07) is -0.907. The molecule has 0 rings (SSSR count). The van der Waals surface area contributed by atoms with Crippen molar-refractivity contribution in [3.05, 3.63) is 0 Å². The normalized spacial score (nSPS) is 14.1. The molecular formula is C11H22N2O3S. The first-order chi connectivity index (χ1) is 7.99. The second-order valence-electron chi connectivity index (χ2n) is 3.92. The topological polar surface area (TPSA) is 92.4 Å². The van der Waals surface area contributed by atoms with E-state index >= 15 is 0 Å². The number of carbonyl (C=O) groups is 2. The molecule has 1 unspecified atom stereocenters. The fourth-order valence-electron chi connectivity index (χ4n) is 1.13. The van der Waals surface area contributed by atoms with Gasteiger partial charge in [-0.15, -0.1) is 11.8 Å². The third-order valence-electron chi connectivity index (χ3n) is 2.29. The van der Waals surface area contributed by atoms with Crippen LogP contribution in [0.25, 0.3) is 0 Å². The zero-order valence-electron chi connectivity index (χ0n) is 10.4. The van der Waals surface area contributed by atoms with Gasteiger partial charge in [0.05, 0.1) is 5.25 Å². The number of rotatable bonds is 9. The summed E-state index contributed by atoms with van der Waals surface area (Å²) >= 11 is 1.27. The van der Waals surface area contributed by atoms with E-state index in [1.165, 1.54) is 11.8 Å². The standard InChI is InChI=1S/C11H22N2O3S/c1-3-4-5-6-13-10(14)8(2)17-7-9(12)11(15)16/h8-9H,3-7,12H2,1-2H3,(H,13,14)(H,15,16)/t8?,9-/m1/s1. The molecule has 0 spiro atoms. The molecule has 0 aromatic carbocycles. The van der Waals surface area contributed by atoms with Crippen LogP contribution in [0.4, 0.5) is 0 Å². The molecule has 1 amide bonds. The molecule has 0 aromatic heterocycles. The molecule has 0 aliphatic carbocycles. The van der Waals surface area contributed by atoms with E-state index < -0.39 is 12.0 Å². The van der Waals surface area contributed by atoms with Crippen LogP contribution in [0.3, 0.4) is 0 Å². The van der Waals surface area contributed by atoms with Gasteiger partial charge in [-0.25, -0.2) is 0 Å². The van der Waals surface area contributed by atoms with Gasteiger partial charge in [-0.05, 0) is 13.3 Å². The minimum Gasteiger partial charge on any atom is -0.480 e. The summed E-state index contributed by atoms with van der Waals surface area (Å²) < 4.78 is 0. The number of carboxylic acid groups (broad SMARTS) is 1. The molecular weight excluding hydrogens is 240 g/mol. The van der Waals surface area contributed by atoms with Gasteiger partial charge in [0, 0.05) is 12.3 Å². The van der Waals surface area contributed by atoms with Crippen molar-refractivity contribution in [1.82, 2.24) is 5.32 Å². The van der Waals surface area contributed by atoms with Crippen LogP contribution in [-0.2, 0) is 9.59 Å². The number of carbonyl (C=O) groups excluding carboxylic acids is 1. The summed E-state index contributed by atoms with van der Waals surface area (Å²) in [5.41, 5.74) is 5.35. The number of unbranched alkanes of at least 4 members (excludes halogenated alkanes) is 2. The number of carboxylic acids is 1. The Morgan fingerprint density at radius 2 is 2.06 bits per heavy atom. The zero-order chi connectivity index (χ0) is 13.3. The summed E-state index contributed by atoms with van der Waals surface area (Å²) in [4.78, 5) is 22.1. The molecule has 0 heterocycles. The first kappa shape index (κ1) is 16.2. The Balaban J connectivity index is 3.70. The van der Waals surface area contributed by atoms with Crippen LogP contribution in [0.2, 0.25) is 0 Å². The number of aliphatic carboxylic acids is 1. The van der Waals surface area contributed by atoms with Crippen molar-refractivity contribution in [2.75, 3.05) is 12.3 Å². The van der Waals surface area contributed by atoms with Gasteiger partial charge < -0.3 is 16.2 Å². The van der Waals surface area contributed by atoms with E-state index in [-0.39, 0.29) is 16.9 Å². The summed E-state index contributed by atoms with van der Waals surface area (Å²) in [6.07, 6.45) is 3.20. The molecule has 0 fully saturated rings. The second-order valence-corrected chi connectivity index (χ2v) is 5.29. The lowest BCUT2D eigenvalue weighted by atomic mass is 10.2. The third-order valence-corrected chi connectivity index (χ3v) is 3.56. The van der Waals surface area contributed by atoms with Gasteiger partial charge in [-0.3, -0.25) is 9.59 Å². The van der Waals surface area contributed by atoms with E-state index in [2.05, 4.69) is 12.2 Å². The van der Waals surface area contributed by atoms with Crippen molar-refractivity contribution in [3.8, 4) is 0 Å². The SMILES string of the molecule is CCCCCNC(=O)C(C)SC[C@@H](N)C(=O)O. The number of nitrogens with two attached hydrogens (primary N) is 1. The summed E-state index contributed by atoms with van der Waals surface area (Å²) in [5.74, 6) is -0.837. The van der Waals surface area contributed by atoms with Crippen molar-refractivity contribution >= 4 is 23.6 Å². The van der Waals surface area contributed by atoms with Crippen LogP contribution >= 0.6 is 11.8 Å². The lowest BCUT2D eigenvalue weighted by molar-refractivity contribution is -0.138. The van der Waals surface area contributed by atoms with Gasteiger partial charge in [0.1, 0.15) is 6.04 Å². The Morgan fingerprint density at radius 3 is 2.59 bits per heavy atom. The molecule has 0 aromatic rings. The summed E-state index contributed by atoms with van der Waals surface area (Å²) in [7, 11) is 0. The van der Waals surface area contributed by atoms with Crippen LogP contribution in [0.1, 0.15) is 33.1 Å². The molecule has 0 saturated carbocycles. The average molecular weight is 262 g/mol. The van der Waals surface area contributed by atoms with Crippen molar-refractivity contribution in [2.45, 2.75) is 44.4 Å². The predicted octanol–water partition coefficient (Wildman–Crippen LogP) is 0.826. The molecule has 0 aliphatic rings. The molecule has 0 aliphatic heterocycles. The highest BCUT2D eigenvalue weighted by molar-refractivity contribution is 8.00. The van der Waals surface area contributed by atoms with E-state index in [4.69, 9.17) is 10.8 Å². The van der Waals surface area contributed by atoms with Crippen LogP contribution in [0, 0.1) is 0 Å². The minimum absolute atomic E-state index is 0.0521. The Bertz CT molecular complexity index is 249. The number of hydrogen-bond donors (Lipinski definition) is 3. The minimum atomic E-state index is -1.03. The van der Waals surface area contributed by atoms with E-state index in [0.29, 0.717) is 6.54 Å². The lowest BCUT2D eigenvalue weighted by Crippen LogP contribution is -2.36. The van der Waals surface area contributed by atoms with Crippen molar-refractivity contribution in [2.24, 2.45) is 5.73 Å². The number of nitrogens with one attached hydrogen (secondary N) is 1. The Hall–Kier alpha value is -0.750. The molecule has 6 heteroatoms. The number of hydrogen-bond acceptors (Lipinski definition) is 4. The van der Waals surface area contributed by atoms with Gasteiger partial charge in [-0.1, -0.05) is 19.8 Å². The molecule has 2 atom stereocenters. The van der Waals surface area contributed by atoms with Crippen LogP contribution in [0.15, 0.2) is 0 Å². The average Bonchev–Trinajstić information content (AvgIpc) is 2.30. The zero-order valence-corrected chi connectivity index (χ0v) is 11.3. The monoisotopic (exact) mass is 262 g/mol. The molecule has 0 bridgehead atoms. The maximum Gasteiger partial charge on any atom is 0.321 e. The molecule has 4 N–H and O–H groups in total. The fourth-order valence-corrected chi connectivity index (χ4v) is 2.00. The van der Waals surface area contributed by atoms with Crippen LogP contribution < -0.4 is 11.1 Å². The van der Waals surface area contributed by atoms with Gasteiger partial charge in [0.15, 0.2) is 0 Å². The Morgan fingerprint density at radius 1 is 1.41 bits per heavy atom. The first-order valence-electron chi connectivity index (χ1n) is 5.86. The predicted molar refractivity (Wildman–Crippen MR) is 70.1 cm³/mol. The quantitative estimate of drug-likeness (QED) is 0.535. The summed E-state index contributed by atoms with van der Waals surface area (Å²) in [5, 5.41) is 11.2. The van der Waals surface area contributed by atoms with Gasteiger partial charge in [-0.2, -0.15) is 0 Å². The van der Waals surface area contributed by atoms with E-state index in [9.17, 15) is 9.59 Å². The van der Waals surface area contributed by atoms with Crippen molar-refractivity contribution in [3.63, 3.8) is 0 Å². The van der Waals surface area contributed by atoms with E-state index in [1.807, 2.05) is 0 Å². The van der Waals surface area contributed by atoms with Gasteiger partial charge >= 0.3 is 5.97 Å². The maximum absolute atomic E-state index is 11.6. The highest BCUT2D eigenvalue weighted by Gasteiger charge is 2.17.